The van der Waals surface area contributed by atoms with E-state index in [2.05, 4.69) is 5.32 Å². The van der Waals surface area contributed by atoms with Crippen LogP contribution in [-0.4, -0.2) is 38.9 Å². The second-order valence-corrected chi connectivity index (χ2v) is 7.74. The number of hydrogen-bond donors (Lipinski definition) is 1. The van der Waals surface area contributed by atoms with Gasteiger partial charge < -0.3 is 5.32 Å². The van der Waals surface area contributed by atoms with Crippen molar-refractivity contribution in [1.82, 2.24) is 9.62 Å². The molecule has 1 aliphatic carbocycles. The highest BCUT2D eigenvalue weighted by atomic mass is 35.5. The fourth-order valence-corrected chi connectivity index (χ4v) is 4.49. The topological polar surface area (TPSA) is 49.4 Å². The monoisotopic (exact) mass is 334 g/mol. The normalized spacial score (nSPS) is 23.5. The molecule has 1 fully saturated rings. The lowest BCUT2D eigenvalue weighted by Crippen LogP contribution is -2.42. The van der Waals surface area contributed by atoms with E-state index in [0.717, 1.165) is 25.7 Å². The van der Waals surface area contributed by atoms with Gasteiger partial charge in [0.15, 0.2) is 5.82 Å². The molecule has 7 heteroatoms. The van der Waals surface area contributed by atoms with Crippen molar-refractivity contribution in [2.24, 2.45) is 0 Å². The van der Waals surface area contributed by atoms with Crippen molar-refractivity contribution in [3.8, 4) is 0 Å². The molecule has 0 aromatic heterocycles. The van der Waals surface area contributed by atoms with E-state index in [1.54, 1.807) is 0 Å². The standard InChI is InChI=1S/C14H20ClFN2O2S/c1-17-10-6-8-11(9-7-10)18(2)21(19,20)13-5-3-4-12(15)14(13)16/h3-5,10-11,17H,6-9H2,1-2H3. The molecule has 2 rings (SSSR count). The van der Waals surface area contributed by atoms with Crippen LogP contribution in [0.25, 0.3) is 0 Å². The summed E-state index contributed by atoms with van der Waals surface area (Å²) >= 11 is 5.68. The summed E-state index contributed by atoms with van der Waals surface area (Å²) in [6.07, 6.45) is 3.37. The summed E-state index contributed by atoms with van der Waals surface area (Å²) in [6, 6.07) is 4.38. The smallest absolute Gasteiger partial charge is 0.246 e. The lowest BCUT2D eigenvalue weighted by Gasteiger charge is -2.33. The molecule has 0 unspecified atom stereocenters. The van der Waals surface area contributed by atoms with Gasteiger partial charge in [-0.1, -0.05) is 17.7 Å². The van der Waals surface area contributed by atoms with Gasteiger partial charge in [-0.05, 0) is 44.9 Å². The Balaban J connectivity index is 2.21. The summed E-state index contributed by atoms with van der Waals surface area (Å²) in [5.74, 6) is -0.880. The molecule has 0 aliphatic heterocycles. The van der Waals surface area contributed by atoms with Gasteiger partial charge in [-0.25, -0.2) is 12.8 Å². The Bertz CT molecular complexity index is 601. The Hall–Kier alpha value is -0.690. The lowest BCUT2D eigenvalue weighted by atomic mass is 9.91. The summed E-state index contributed by atoms with van der Waals surface area (Å²) in [5.41, 5.74) is 0. The number of rotatable bonds is 4. The molecule has 0 saturated heterocycles. The first kappa shape index (κ1) is 16.7. The van der Waals surface area contributed by atoms with Crippen molar-refractivity contribution in [3.05, 3.63) is 29.0 Å². The molecule has 0 radical (unpaired) electrons. The zero-order valence-electron chi connectivity index (χ0n) is 12.1. The fourth-order valence-electron chi connectivity index (χ4n) is 2.76. The molecule has 1 aliphatic rings. The summed E-state index contributed by atoms with van der Waals surface area (Å²) < 4.78 is 40.4. The van der Waals surface area contributed by atoms with Crippen LogP contribution in [0.5, 0.6) is 0 Å². The van der Waals surface area contributed by atoms with Crippen LogP contribution in [0, 0.1) is 5.82 Å². The van der Waals surface area contributed by atoms with Crippen LogP contribution >= 0.6 is 11.6 Å². The molecular formula is C14H20ClFN2O2S. The highest BCUT2D eigenvalue weighted by molar-refractivity contribution is 7.89. The van der Waals surface area contributed by atoms with Gasteiger partial charge in [0, 0.05) is 19.1 Å². The van der Waals surface area contributed by atoms with Crippen molar-refractivity contribution < 1.29 is 12.8 Å². The van der Waals surface area contributed by atoms with E-state index >= 15 is 0 Å². The van der Waals surface area contributed by atoms with E-state index in [9.17, 15) is 12.8 Å². The van der Waals surface area contributed by atoms with Crippen LogP contribution in [-0.2, 0) is 10.0 Å². The summed E-state index contributed by atoms with van der Waals surface area (Å²) in [4.78, 5) is -0.353. The second kappa shape index (κ2) is 6.60. The molecule has 1 N–H and O–H groups in total. The molecule has 0 amide bonds. The largest absolute Gasteiger partial charge is 0.317 e. The minimum absolute atomic E-state index is 0.0991. The highest BCUT2D eigenvalue weighted by Crippen LogP contribution is 2.29. The quantitative estimate of drug-likeness (QED) is 0.921. The van der Waals surface area contributed by atoms with Crippen LogP contribution in [0.3, 0.4) is 0 Å². The van der Waals surface area contributed by atoms with Gasteiger partial charge >= 0.3 is 0 Å². The second-order valence-electron chi connectivity index (χ2n) is 5.37. The molecule has 0 atom stereocenters. The number of halogens is 2. The van der Waals surface area contributed by atoms with Gasteiger partial charge in [-0.3, -0.25) is 0 Å². The van der Waals surface area contributed by atoms with Crippen LogP contribution < -0.4 is 5.32 Å². The molecule has 1 aromatic rings. The van der Waals surface area contributed by atoms with Crippen molar-refractivity contribution >= 4 is 21.6 Å². The minimum atomic E-state index is -3.86. The van der Waals surface area contributed by atoms with Crippen LogP contribution in [0.4, 0.5) is 4.39 Å². The lowest BCUT2D eigenvalue weighted by molar-refractivity contribution is 0.254. The maximum Gasteiger partial charge on any atom is 0.246 e. The molecule has 1 aromatic carbocycles. The molecule has 0 heterocycles. The number of hydrogen-bond acceptors (Lipinski definition) is 3. The average Bonchev–Trinajstić information content (AvgIpc) is 2.49. The van der Waals surface area contributed by atoms with Gasteiger partial charge in [0.05, 0.1) is 5.02 Å². The predicted octanol–water partition coefficient (Wildman–Crippen LogP) is 2.63. The van der Waals surface area contributed by atoms with Crippen LogP contribution in [0.1, 0.15) is 25.7 Å². The first-order valence-electron chi connectivity index (χ1n) is 6.97. The summed E-state index contributed by atoms with van der Waals surface area (Å²) in [6.45, 7) is 0. The third-order valence-electron chi connectivity index (χ3n) is 4.19. The van der Waals surface area contributed by atoms with Gasteiger partial charge in [0.1, 0.15) is 4.90 Å². The van der Waals surface area contributed by atoms with Crippen molar-refractivity contribution in [2.75, 3.05) is 14.1 Å². The van der Waals surface area contributed by atoms with Gasteiger partial charge in [0.25, 0.3) is 0 Å². The Morgan fingerprint density at radius 3 is 2.48 bits per heavy atom. The van der Waals surface area contributed by atoms with Gasteiger partial charge in [-0.2, -0.15) is 4.31 Å². The third-order valence-corrected chi connectivity index (χ3v) is 6.41. The van der Waals surface area contributed by atoms with E-state index < -0.39 is 15.8 Å². The van der Waals surface area contributed by atoms with E-state index in [1.165, 1.54) is 29.6 Å². The maximum atomic E-state index is 14.0. The van der Waals surface area contributed by atoms with Crippen LogP contribution in [0.2, 0.25) is 5.02 Å². The summed E-state index contributed by atoms with van der Waals surface area (Å²) in [5, 5.41) is 3.03. The Labute approximate surface area is 130 Å². The van der Waals surface area contributed by atoms with Crippen molar-refractivity contribution in [3.63, 3.8) is 0 Å². The number of sulfonamides is 1. The van der Waals surface area contributed by atoms with E-state index in [1.807, 2.05) is 7.05 Å². The number of nitrogens with one attached hydrogen (secondary N) is 1. The third kappa shape index (κ3) is 3.39. The minimum Gasteiger partial charge on any atom is -0.317 e. The predicted molar refractivity (Wildman–Crippen MR) is 81.5 cm³/mol. The Morgan fingerprint density at radius 2 is 1.90 bits per heavy atom. The highest BCUT2D eigenvalue weighted by Gasteiger charge is 2.33. The van der Waals surface area contributed by atoms with E-state index in [4.69, 9.17) is 11.6 Å². The molecule has 0 bridgehead atoms. The number of benzene rings is 1. The maximum absolute atomic E-state index is 14.0. The fraction of sp³-hybridized carbons (Fsp3) is 0.571. The molecule has 1 saturated carbocycles. The molecular weight excluding hydrogens is 315 g/mol. The Morgan fingerprint density at radius 1 is 1.29 bits per heavy atom. The SMILES string of the molecule is CNC1CCC(N(C)S(=O)(=O)c2cccc(Cl)c2F)CC1. The van der Waals surface area contributed by atoms with Crippen molar-refractivity contribution in [1.29, 1.82) is 0 Å². The first-order valence-corrected chi connectivity index (χ1v) is 8.79. The molecule has 0 spiro atoms. The zero-order chi connectivity index (χ0) is 15.6. The average molecular weight is 335 g/mol. The molecule has 4 nitrogen and oxygen atoms in total. The number of nitrogens with zero attached hydrogens (tertiary/aromatic N) is 1. The van der Waals surface area contributed by atoms with Gasteiger partial charge in [0.2, 0.25) is 10.0 Å². The van der Waals surface area contributed by atoms with Crippen molar-refractivity contribution in [2.45, 2.75) is 42.7 Å². The first-order chi connectivity index (χ1) is 9.87. The van der Waals surface area contributed by atoms with E-state index in [0.29, 0.717) is 6.04 Å². The van der Waals surface area contributed by atoms with Gasteiger partial charge in [-0.15, -0.1) is 0 Å². The molecule has 118 valence electrons. The van der Waals surface area contributed by atoms with E-state index in [-0.39, 0.29) is 16.0 Å². The Kier molecular flexibility index (Phi) is 5.24. The van der Waals surface area contributed by atoms with Crippen LogP contribution in [0.15, 0.2) is 23.1 Å². The zero-order valence-corrected chi connectivity index (χ0v) is 13.7. The summed E-state index contributed by atoms with van der Waals surface area (Å²) in [7, 11) is -0.439. The molecule has 21 heavy (non-hydrogen) atoms.